The Morgan fingerprint density at radius 1 is 0.674 bits per heavy atom. The first-order chi connectivity index (χ1) is 20.0. The van der Waals surface area contributed by atoms with Gasteiger partial charge in [-0.1, -0.05) is 32.1 Å². The standard InChI is InChI=1S/C35H66N8/c1-26-36-30(38-27-18-14-13-15-19-27)39-31(37-26)43(29-24-34(6,7)41-35(8,9)25-29)21-17-12-11-16-20-42(10)28-22-32(2,3)40-33(4,5)23-28/h27-29,40-41H,11-25H2,1-10H3,(H,36,37,38,39). The third kappa shape index (κ3) is 10.5. The molecule has 2 saturated heterocycles. The molecule has 0 amide bonds. The molecule has 0 radical (unpaired) electrons. The quantitative estimate of drug-likeness (QED) is 0.226. The van der Waals surface area contributed by atoms with E-state index < -0.39 is 0 Å². The number of hydrogen-bond acceptors (Lipinski definition) is 8. The van der Waals surface area contributed by atoms with Crippen molar-refractivity contribution in [2.75, 3.05) is 30.4 Å². The summed E-state index contributed by atoms with van der Waals surface area (Å²) in [5.74, 6) is 2.44. The Morgan fingerprint density at radius 3 is 1.74 bits per heavy atom. The average Bonchev–Trinajstić information content (AvgIpc) is 2.84. The predicted molar refractivity (Wildman–Crippen MR) is 182 cm³/mol. The van der Waals surface area contributed by atoms with Gasteiger partial charge in [-0.25, -0.2) is 0 Å². The first-order valence-electron chi connectivity index (χ1n) is 17.6. The molecule has 3 heterocycles. The van der Waals surface area contributed by atoms with Gasteiger partial charge in [0.1, 0.15) is 5.82 Å². The highest BCUT2D eigenvalue weighted by molar-refractivity contribution is 5.39. The fourth-order valence-electron chi connectivity index (χ4n) is 8.78. The normalized spacial score (nSPS) is 24.3. The number of nitrogens with one attached hydrogen (secondary N) is 3. The fraction of sp³-hybridized carbons (Fsp3) is 0.914. The zero-order valence-electron chi connectivity index (χ0n) is 29.6. The molecule has 1 aromatic heterocycles. The second-order valence-corrected chi connectivity index (χ2v) is 17.0. The molecule has 0 unspecified atom stereocenters. The van der Waals surface area contributed by atoms with Crippen molar-refractivity contribution in [1.82, 2.24) is 30.5 Å². The predicted octanol–water partition coefficient (Wildman–Crippen LogP) is 6.84. The summed E-state index contributed by atoms with van der Waals surface area (Å²) in [6.45, 7) is 23.0. The Bertz CT molecular complexity index is 997. The molecule has 43 heavy (non-hydrogen) atoms. The van der Waals surface area contributed by atoms with Crippen molar-refractivity contribution in [3.63, 3.8) is 0 Å². The summed E-state index contributed by atoms with van der Waals surface area (Å²) in [6.07, 6.45) is 15.9. The van der Waals surface area contributed by atoms with E-state index in [1.165, 1.54) is 70.8 Å². The molecule has 3 fully saturated rings. The van der Waals surface area contributed by atoms with E-state index in [0.717, 1.165) is 43.5 Å². The van der Waals surface area contributed by atoms with Gasteiger partial charge >= 0.3 is 0 Å². The molecule has 1 saturated carbocycles. The minimum atomic E-state index is 0.0677. The van der Waals surface area contributed by atoms with E-state index in [-0.39, 0.29) is 22.2 Å². The van der Waals surface area contributed by atoms with E-state index in [9.17, 15) is 0 Å². The van der Waals surface area contributed by atoms with Gasteiger partial charge in [-0.15, -0.1) is 0 Å². The minimum Gasteiger partial charge on any atom is -0.351 e. The van der Waals surface area contributed by atoms with Crippen LogP contribution < -0.4 is 20.9 Å². The van der Waals surface area contributed by atoms with Gasteiger partial charge in [-0.2, -0.15) is 15.0 Å². The van der Waals surface area contributed by atoms with Crippen molar-refractivity contribution in [3.05, 3.63) is 5.82 Å². The van der Waals surface area contributed by atoms with Gasteiger partial charge in [0.05, 0.1) is 0 Å². The Labute approximate surface area is 264 Å². The number of anilines is 2. The molecule has 1 aliphatic carbocycles. The topological polar surface area (TPSA) is 81.2 Å². The van der Waals surface area contributed by atoms with Crippen molar-refractivity contribution in [1.29, 1.82) is 0 Å². The maximum atomic E-state index is 5.07. The van der Waals surface area contributed by atoms with Crippen LogP contribution in [0.25, 0.3) is 0 Å². The van der Waals surface area contributed by atoms with Crippen molar-refractivity contribution < 1.29 is 0 Å². The molecule has 0 bridgehead atoms. The maximum absolute atomic E-state index is 5.07. The van der Waals surface area contributed by atoms with Crippen LogP contribution in [0.15, 0.2) is 0 Å². The Balaban J connectivity index is 1.37. The van der Waals surface area contributed by atoms with E-state index in [4.69, 9.17) is 15.0 Å². The Morgan fingerprint density at radius 2 is 1.19 bits per heavy atom. The van der Waals surface area contributed by atoms with Crippen LogP contribution in [0.3, 0.4) is 0 Å². The number of rotatable bonds is 12. The van der Waals surface area contributed by atoms with Gasteiger partial charge in [-0.05, 0) is 127 Å². The molecule has 3 aliphatic rings. The zero-order chi connectivity index (χ0) is 31.5. The van der Waals surface area contributed by atoms with Crippen LogP contribution >= 0.6 is 0 Å². The second kappa shape index (κ2) is 13.9. The van der Waals surface area contributed by atoms with E-state index in [0.29, 0.717) is 18.1 Å². The lowest BCUT2D eigenvalue weighted by Crippen LogP contribution is -2.62. The number of piperidine rings is 2. The molecule has 246 valence electrons. The zero-order valence-corrected chi connectivity index (χ0v) is 29.6. The molecule has 8 nitrogen and oxygen atoms in total. The lowest BCUT2D eigenvalue weighted by atomic mass is 9.79. The summed E-state index contributed by atoms with van der Waals surface area (Å²) in [5.41, 5.74) is 0.526. The SMILES string of the molecule is Cc1nc(NC2CCCCC2)nc(N(CCCCCCN(C)C2CC(C)(C)NC(C)(C)C2)C2CC(C)(C)NC(C)(C)C2)n1. The molecule has 0 atom stereocenters. The van der Waals surface area contributed by atoms with Crippen LogP contribution in [0.5, 0.6) is 0 Å². The van der Waals surface area contributed by atoms with Gasteiger partial charge in [0, 0.05) is 46.8 Å². The molecule has 0 aromatic carbocycles. The van der Waals surface area contributed by atoms with Crippen LogP contribution in [0.4, 0.5) is 11.9 Å². The highest BCUT2D eigenvalue weighted by Crippen LogP contribution is 2.34. The lowest BCUT2D eigenvalue weighted by Gasteiger charge is -2.49. The highest BCUT2D eigenvalue weighted by atomic mass is 15.3. The van der Waals surface area contributed by atoms with E-state index in [1.807, 2.05) is 6.92 Å². The van der Waals surface area contributed by atoms with Crippen LogP contribution in [-0.2, 0) is 0 Å². The molecule has 4 rings (SSSR count). The highest BCUT2D eigenvalue weighted by Gasteiger charge is 2.41. The lowest BCUT2D eigenvalue weighted by molar-refractivity contribution is 0.0805. The van der Waals surface area contributed by atoms with Gasteiger partial charge in [0.15, 0.2) is 0 Å². The molecule has 8 heteroatoms. The first-order valence-corrected chi connectivity index (χ1v) is 17.6. The first kappa shape index (κ1) is 34.4. The third-order valence-corrected chi connectivity index (χ3v) is 9.99. The minimum absolute atomic E-state index is 0.0677. The van der Waals surface area contributed by atoms with Gasteiger partial charge < -0.3 is 25.8 Å². The molecular formula is C35H66N8. The number of unbranched alkanes of at least 4 members (excludes halogenated alkanes) is 3. The molecular weight excluding hydrogens is 532 g/mol. The summed E-state index contributed by atoms with van der Waals surface area (Å²) < 4.78 is 0. The van der Waals surface area contributed by atoms with Crippen LogP contribution in [-0.4, -0.2) is 80.3 Å². The van der Waals surface area contributed by atoms with Crippen LogP contribution in [0, 0.1) is 6.92 Å². The summed E-state index contributed by atoms with van der Waals surface area (Å²) in [5, 5.41) is 11.4. The second-order valence-electron chi connectivity index (χ2n) is 17.0. The van der Waals surface area contributed by atoms with Gasteiger partial charge in [0.2, 0.25) is 11.9 Å². The molecule has 1 aromatic rings. The fourth-order valence-corrected chi connectivity index (χ4v) is 8.78. The van der Waals surface area contributed by atoms with Gasteiger partial charge in [-0.3, -0.25) is 0 Å². The van der Waals surface area contributed by atoms with E-state index in [2.05, 4.69) is 88.2 Å². The van der Waals surface area contributed by atoms with Gasteiger partial charge in [0.25, 0.3) is 0 Å². The third-order valence-electron chi connectivity index (χ3n) is 9.99. The Hall–Kier alpha value is -1.51. The van der Waals surface area contributed by atoms with Crippen LogP contribution in [0.2, 0.25) is 0 Å². The number of nitrogens with zero attached hydrogens (tertiary/aromatic N) is 5. The summed E-state index contributed by atoms with van der Waals surface area (Å²) in [6, 6.07) is 1.53. The smallest absolute Gasteiger partial charge is 0.230 e. The average molecular weight is 599 g/mol. The summed E-state index contributed by atoms with van der Waals surface area (Å²) in [7, 11) is 2.34. The van der Waals surface area contributed by atoms with Crippen LogP contribution in [0.1, 0.15) is 145 Å². The monoisotopic (exact) mass is 599 g/mol. The Kier molecular flexibility index (Phi) is 11.1. The maximum Gasteiger partial charge on any atom is 0.230 e. The van der Waals surface area contributed by atoms with Crippen molar-refractivity contribution in [3.8, 4) is 0 Å². The van der Waals surface area contributed by atoms with Crippen molar-refractivity contribution >= 4 is 11.9 Å². The number of aromatic nitrogens is 3. The molecule has 3 N–H and O–H groups in total. The van der Waals surface area contributed by atoms with Crippen molar-refractivity contribution in [2.45, 2.75) is 186 Å². The van der Waals surface area contributed by atoms with E-state index >= 15 is 0 Å². The summed E-state index contributed by atoms with van der Waals surface area (Å²) >= 11 is 0. The van der Waals surface area contributed by atoms with E-state index in [1.54, 1.807) is 0 Å². The largest absolute Gasteiger partial charge is 0.351 e. The molecule has 0 spiro atoms. The van der Waals surface area contributed by atoms with Crippen molar-refractivity contribution in [2.24, 2.45) is 0 Å². The number of aryl methyl sites for hydroxylation is 1. The number of hydrogen-bond donors (Lipinski definition) is 3. The molecule has 2 aliphatic heterocycles. The summed E-state index contributed by atoms with van der Waals surface area (Å²) in [4.78, 5) is 19.9.